The van der Waals surface area contributed by atoms with Crippen LogP contribution in [-0.4, -0.2) is 63.3 Å². The Bertz CT molecular complexity index is 1080. The summed E-state index contributed by atoms with van der Waals surface area (Å²) >= 11 is 0. The molecule has 0 bridgehead atoms. The van der Waals surface area contributed by atoms with Gasteiger partial charge in [-0.2, -0.15) is 0 Å². The summed E-state index contributed by atoms with van der Waals surface area (Å²) < 4.78 is 19.4. The predicted molar refractivity (Wildman–Crippen MR) is 134 cm³/mol. The Hall–Kier alpha value is -4.41. The molecule has 0 saturated heterocycles. The Balaban J connectivity index is 2.26. The molecule has 11 nitrogen and oxygen atoms in total. The molecule has 0 aromatic heterocycles. The zero-order chi connectivity index (χ0) is 28.1. The fourth-order valence-corrected chi connectivity index (χ4v) is 3.72. The van der Waals surface area contributed by atoms with E-state index in [2.05, 4.69) is 20.1 Å². The van der Waals surface area contributed by atoms with E-state index >= 15 is 0 Å². The molecule has 0 spiro atoms. The number of alkyl carbamates (subject to hydrolysis) is 1. The summed E-state index contributed by atoms with van der Waals surface area (Å²) in [6.45, 7) is 1.38. The highest BCUT2D eigenvalue weighted by atomic mass is 16.6. The van der Waals surface area contributed by atoms with Crippen molar-refractivity contribution in [3.8, 4) is 0 Å². The van der Waals surface area contributed by atoms with Crippen molar-refractivity contribution in [2.24, 2.45) is 11.8 Å². The van der Waals surface area contributed by atoms with Crippen LogP contribution in [0.3, 0.4) is 0 Å². The van der Waals surface area contributed by atoms with E-state index in [9.17, 15) is 24.0 Å². The Morgan fingerprint density at radius 1 is 0.711 bits per heavy atom. The minimum Gasteiger partial charge on any atom is -0.468 e. The highest BCUT2D eigenvalue weighted by molar-refractivity contribution is 5.97. The van der Waals surface area contributed by atoms with Gasteiger partial charge in [0.25, 0.3) is 0 Å². The maximum Gasteiger partial charge on any atom is 0.408 e. The number of rotatable bonds is 12. The summed E-state index contributed by atoms with van der Waals surface area (Å²) in [7, 11) is 3.26. The van der Waals surface area contributed by atoms with E-state index in [0.717, 1.165) is 32.5 Å². The average molecular weight is 529 g/mol. The van der Waals surface area contributed by atoms with Gasteiger partial charge in [0.1, 0.15) is 18.7 Å². The van der Waals surface area contributed by atoms with Crippen molar-refractivity contribution in [1.29, 1.82) is 0 Å². The Labute approximate surface area is 220 Å². The second kappa shape index (κ2) is 15.0. The van der Waals surface area contributed by atoms with Crippen molar-refractivity contribution in [3.05, 3.63) is 71.8 Å². The molecule has 11 heteroatoms. The van der Waals surface area contributed by atoms with Gasteiger partial charge in [0.05, 0.1) is 21.3 Å². The molecule has 2 aromatic rings. The van der Waals surface area contributed by atoms with Crippen LogP contribution in [0.1, 0.15) is 18.1 Å². The number of carbonyl (C=O) groups is 5. The Morgan fingerprint density at radius 2 is 1.21 bits per heavy atom. The molecule has 0 aliphatic rings. The van der Waals surface area contributed by atoms with Gasteiger partial charge in [-0.15, -0.1) is 0 Å². The maximum atomic E-state index is 13.4. The highest BCUT2D eigenvalue weighted by Crippen LogP contribution is 2.21. The number of esters is 3. The molecule has 38 heavy (non-hydrogen) atoms. The normalized spacial score (nSPS) is 12.9. The first-order valence-electron chi connectivity index (χ1n) is 11.8. The van der Waals surface area contributed by atoms with Crippen molar-refractivity contribution >= 4 is 29.9 Å². The lowest BCUT2D eigenvalue weighted by Gasteiger charge is -2.28. The van der Waals surface area contributed by atoms with E-state index < -0.39 is 53.8 Å². The molecule has 204 valence electrons. The van der Waals surface area contributed by atoms with E-state index in [1.165, 1.54) is 6.92 Å². The molecule has 2 amide bonds. The van der Waals surface area contributed by atoms with Gasteiger partial charge < -0.3 is 29.6 Å². The number of hydrogen-bond acceptors (Lipinski definition) is 9. The standard InChI is InChI=1S/C27H32N2O9/c1-17(21(24(31)35-2)25(32)36-3)22(26(33)37-4)29-23(30)20(15-18-11-7-5-8-12-18)28-27(34)38-16-19-13-9-6-10-14-19/h5-14,17,20-22H,15-16H2,1-4H3,(H,28,34)(H,29,30)/t17-,20+,22+/m0/s1. The van der Waals surface area contributed by atoms with E-state index in [1.54, 1.807) is 54.6 Å². The third-order valence-electron chi connectivity index (χ3n) is 5.82. The van der Waals surface area contributed by atoms with Crippen molar-refractivity contribution in [1.82, 2.24) is 10.6 Å². The lowest BCUT2D eigenvalue weighted by atomic mass is 9.87. The van der Waals surface area contributed by atoms with Gasteiger partial charge in [0, 0.05) is 12.3 Å². The first kappa shape index (κ1) is 29.8. The summed E-state index contributed by atoms with van der Waals surface area (Å²) in [4.78, 5) is 63.2. The van der Waals surface area contributed by atoms with Gasteiger partial charge in [0.2, 0.25) is 5.91 Å². The largest absolute Gasteiger partial charge is 0.468 e. The maximum absolute atomic E-state index is 13.4. The molecule has 0 unspecified atom stereocenters. The van der Waals surface area contributed by atoms with E-state index in [0.29, 0.717) is 0 Å². The zero-order valence-corrected chi connectivity index (χ0v) is 21.7. The molecular weight excluding hydrogens is 496 g/mol. The molecule has 2 rings (SSSR count). The first-order valence-corrected chi connectivity index (χ1v) is 11.8. The van der Waals surface area contributed by atoms with Crippen LogP contribution >= 0.6 is 0 Å². The van der Waals surface area contributed by atoms with Crippen LogP contribution in [0.25, 0.3) is 0 Å². The first-order chi connectivity index (χ1) is 18.2. The van der Waals surface area contributed by atoms with Gasteiger partial charge in [-0.1, -0.05) is 67.6 Å². The van der Waals surface area contributed by atoms with Crippen LogP contribution in [-0.2, 0) is 51.2 Å². The average Bonchev–Trinajstić information content (AvgIpc) is 2.94. The van der Waals surface area contributed by atoms with Crippen LogP contribution in [0.5, 0.6) is 0 Å². The van der Waals surface area contributed by atoms with Gasteiger partial charge in [-0.3, -0.25) is 14.4 Å². The quantitative estimate of drug-likeness (QED) is 0.239. The number of ether oxygens (including phenoxy) is 4. The molecule has 2 N–H and O–H groups in total. The van der Waals surface area contributed by atoms with Gasteiger partial charge >= 0.3 is 24.0 Å². The van der Waals surface area contributed by atoms with Crippen LogP contribution in [0.4, 0.5) is 4.79 Å². The van der Waals surface area contributed by atoms with Gasteiger partial charge in [-0.05, 0) is 11.1 Å². The highest BCUT2D eigenvalue weighted by Gasteiger charge is 2.43. The van der Waals surface area contributed by atoms with Crippen LogP contribution in [0.2, 0.25) is 0 Å². The third-order valence-corrected chi connectivity index (χ3v) is 5.82. The summed E-state index contributed by atoms with van der Waals surface area (Å²) in [6, 6.07) is 15.2. The van der Waals surface area contributed by atoms with Crippen molar-refractivity contribution in [2.75, 3.05) is 21.3 Å². The number of benzene rings is 2. The minimum absolute atomic E-state index is 0.0197. The second-order valence-electron chi connectivity index (χ2n) is 8.34. The van der Waals surface area contributed by atoms with Crippen LogP contribution in [0.15, 0.2) is 60.7 Å². The fourth-order valence-electron chi connectivity index (χ4n) is 3.72. The molecule has 0 saturated carbocycles. The summed E-state index contributed by atoms with van der Waals surface area (Å²) in [6.07, 6.45) is -0.790. The third kappa shape index (κ3) is 8.61. The van der Waals surface area contributed by atoms with Crippen molar-refractivity contribution in [3.63, 3.8) is 0 Å². The molecule has 2 aromatic carbocycles. The molecule has 0 heterocycles. The van der Waals surface area contributed by atoms with E-state index in [1.807, 2.05) is 6.07 Å². The Morgan fingerprint density at radius 3 is 1.71 bits per heavy atom. The topological polar surface area (TPSA) is 146 Å². The van der Waals surface area contributed by atoms with E-state index in [-0.39, 0.29) is 13.0 Å². The summed E-state index contributed by atoms with van der Waals surface area (Å²) in [5, 5.41) is 5.03. The smallest absolute Gasteiger partial charge is 0.408 e. The van der Waals surface area contributed by atoms with E-state index in [4.69, 9.17) is 9.47 Å². The lowest BCUT2D eigenvalue weighted by Crippen LogP contribution is -2.56. The zero-order valence-electron chi connectivity index (χ0n) is 21.7. The van der Waals surface area contributed by atoms with Gasteiger partial charge in [-0.25, -0.2) is 9.59 Å². The number of nitrogens with one attached hydrogen (secondary N) is 2. The molecule has 0 fully saturated rings. The SMILES string of the molecule is COC(=O)C(C(=O)OC)[C@H](C)[C@@H](NC(=O)[C@@H](Cc1ccccc1)NC(=O)OCc1ccccc1)C(=O)OC. The fraction of sp³-hybridized carbons (Fsp3) is 0.370. The Kier molecular flexibility index (Phi) is 11.8. The predicted octanol–water partition coefficient (Wildman–Crippen LogP) is 1.78. The lowest BCUT2D eigenvalue weighted by molar-refractivity contribution is -0.163. The van der Waals surface area contributed by atoms with Crippen molar-refractivity contribution in [2.45, 2.75) is 32.0 Å². The molecule has 0 aliphatic heterocycles. The van der Waals surface area contributed by atoms with Crippen LogP contribution < -0.4 is 10.6 Å². The van der Waals surface area contributed by atoms with Gasteiger partial charge in [0.15, 0.2) is 5.92 Å². The number of methoxy groups -OCH3 is 3. The molecule has 0 radical (unpaired) electrons. The molecular formula is C27H32N2O9. The monoisotopic (exact) mass is 528 g/mol. The molecule has 0 aliphatic carbocycles. The van der Waals surface area contributed by atoms with Crippen LogP contribution in [0, 0.1) is 11.8 Å². The number of amides is 2. The van der Waals surface area contributed by atoms with Crippen molar-refractivity contribution < 1.29 is 42.9 Å². The molecule has 3 atom stereocenters. The summed E-state index contributed by atoms with van der Waals surface area (Å²) in [5.41, 5.74) is 1.48. The number of carbonyl (C=O) groups excluding carboxylic acids is 5. The minimum atomic E-state index is -1.52. The number of hydrogen-bond donors (Lipinski definition) is 2. The summed E-state index contributed by atoms with van der Waals surface area (Å²) in [5.74, 6) is -6.21. The second-order valence-corrected chi connectivity index (χ2v) is 8.34.